The minimum absolute atomic E-state index is 0.556. The molecule has 0 amide bonds. The molecule has 0 bridgehead atoms. The standard InChI is InChI=1S/C11H21N5S/c1-9(2)6-16-11(13-8-14-16)7-15(3)5-4-10(12)17/h8-9H,4-7H2,1-3H3,(H2,12,17). The molecule has 0 aliphatic rings. The number of hydrogen-bond acceptors (Lipinski definition) is 4. The van der Waals surface area contributed by atoms with Gasteiger partial charge in [-0.25, -0.2) is 9.67 Å². The SMILES string of the molecule is CC(C)Cn1ncnc1CN(C)CCC(N)=S. The number of hydrogen-bond donors (Lipinski definition) is 1. The van der Waals surface area contributed by atoms with Crippen molar-refractivity contribution < 1.29 is 0 Å². The highest BCUT2D eigenvalue weighted by molar-refractivity contribution is 7.80. The first-order valence-electron chi connectivity index (χ1n) is 5.82. The molecular weight excluding hydrogens is 234 g/mol. The Hall–Kier alpha value is -1.01. The average Bonchev–Trinajstić information content (AvgIpc) is 2.62. The fraction of sp³-hybridized carbons (Fsp3) is 0.727. The van der Waals surface area contributed by atoms with Gasteiger partial charge in [-0.05, 0) is 13.0 Å². The van der Waals surface area contributed by atoms with Crippen LogP contribution in [0.1, 0.15) is 26.1 Å². The van der Waals surface area contributed by atoms with E-state index in [2.05, 4.69) is 28.8 Å². The fourth-order valence-electron chi connectivity index (χ4n) is 1.53. The van der Waals surface area contributed by atoms with Gasteiger partial charge in [0.2, 0.25) is 0 Å². The van der Waals surface area contributed by atoms with Gasteiger partial charge >= 0.3 is 0 Å². The summed E-state index contributed by atoms with van der Waals surface area (Å²) < 4.78 is 1.96. The molecule has 1 aromatic rings. The summed E-state index contributed by atoms with van der Waals surface area (Å²) in [4.78, 5) is 6.99. The number of thiocarbonyl (C=S) groups is 1. The van der Waals surface area contributed by atoms with Crippen molar-refractivity contribution in [1.29, 1.82) is 0 Å². The molecule has 17 heavy (non-hydrogen) atoms. The van der Waals surface area contributed by atoms with Crippen molar-refractivity contribution in [3.63, 3.8) is 0 Å². The molecule has 0 atom stereocenters. The molecule has 0 spiro atoms. The first kappa shape index (κ1) is 14.1. The Balaban J connectivity index is 2.50. The zero-order valence-corrected chi connectivity index (χ0v) is 11.6. The smallest absolute Gasteiger partial charge is 0.141 e. The van der Waals surface area contributed by atoms with E-state index >= 15 is 0 Å². The third kappa shape index (κ3) is 5.23. The normalized spacial score (nSPS) is 11.4. The predicted molar refractivity (Wildman–Crippen MR) is 72.6 cm³/mol. The summed E-state index contributed by atoms with van der Waals surface area (Å²) in [6.45, 7) is 6.86. The molecule has 0 radical (unpaired) electrons. The van der Waals surface area contributed by atoms with Crippen LogP contribution in [0.25, 0.3) is 0 Å². The van der Waals surface area contributed by atoms with E-state index in [0.717, 1.165) is 31.9 Å². The van der Waals surface area contributed by atoms with Crippen LogP contribution in [0.3, 0.4) is 0 Å². The minimum atomic E-state index is 0.556. The summed E-state index contributed by atoms with van der Waals surface area (Å²) in [6.07, 6.45) is 2.35. The molecule has 2 N–H and O–H groups in total. The molecule has 5 nitrogen and oxygen atoms in total. The zero-order valence-electron chi connectivity index (χ0n) is 10.8. The molecule has 0 aromatic carbocycles. The van der Waals surface area contributed by atoms with Gasteiger partial charge in [0.1, 0.15) is 12.2 Å². The maximum Gasteiger partial charge on any atom is 0.141 e. The summed E-state index contributed by atoms with van der Waals surface area (Å²) in [5, 5.41) is 4.23. The van der Waals surface area contributed by atoms with E-state index in [1.807, 2.05) is 11.7 Å². The molecule has 0 unspecified atom stereocenters. The lowest BCUT2D eigenvalue weighted by Crippen LogP contribution is -2.25. The molecule has 0 aliphatic heterocycles. The lowest BCUT2D eigenvalue weighted by molar-refractivity contribution is 0.314. The molecule has 1 heterocycles. The monoisotopic (exact) mass is 255 g/mol. The van der Waals surface area contributed by atoms with Crippen LogP contribution >= 0.6 is 12.2 Å². The van der Waals surface area contributed by atoms with Gasteiger partial charge in [0.15, 0.2) is 0 Å². The highest BCUT2D eigenvalue weighted by atomic mass is 32.1. The molecule has 0 fully saturated rings. The maximum absolute atomic E-state index is 5.48. The molecule has 1 aromatic heterocycles. The van der Waals surface area contributed by atoms with Crippen molar-refractivity contribution in [2.75, 3.05) is 13.6 Å². The third-order valence-corrected chi connectivity index (χ3v) is 2.59. The van der Waals surface area contributed by atoms with Crippen LogP contribution in [0, 0.1) is 5.92 Å². The Morgan fingerprint density at radius 3 is 2.88 bits per heavy atom. The van der Waals surface area contributed by atoms with Crippen LogP contribution in [0.15, 0.2) is 6.33 Å². The summed E-state index contributed by atoms with van der Waals surface area (Å²) in [6, 6.07) is 0. The summed E-state index contributed by atoms with van der Waals surface area (Å²) in [5.41, 5.74) is 5.48. The number of aromatic nitrogens is 3. The van der Waals surface area contributed by atoms with E-state index in [1.165, 1.54) is 0 Å². The van der Waals surface area contributed by atoms with Crippen molar-refractivity contribution in [2.24, 2.45) is 11.7 Å². The van der Waals surface area contributed by atoms with Crippen LogP contribution in [-0.4, -0.2) is 38.2 Å². The van der Waals surface area contributed by atoms with E-state index in [1.54, 1.807) is 6.33 Å². The van der Waals surface area contributed by atoms with E-state index < -0.39 is 0 Å². The van der Waals surface area contributed by atoms with Gasteiger partial charge in [0.05, 0.1) is 11.5 Å². The van der Waals surface area contributed by atoms with Crippen LogP contribution in [0.2, 0.25) is 0 Å². The van der Waals surface area contributed by atoms with Gasteiger partial charge in [-0.15, -0.1) is 0 Å². The second kappa shape index (κ2) is 6.66. The van der Waals surface area contributed by atoms with Gasteiger partial charge in [0.25, 0.3) is 0 Å². The Bertz CT molecular complexity index is 360. The Morgan fingerprint density at radius 1 is 1.59 bits per heavy atom. The van der Waals surface area contributed by atoms with Crippen LogP contribution < -0.4 is 5.73 Å². The van der Waals surface area contributed by atoms with E-state index in [0.29, 0.717) is 10.9 Å². The van der Waals surface area contributed by atoms with Gasteiger partial charge in [-0.3, -0.25) is 4.90 Å². The summed E-state index contributed by atoms with van der Waals surface area (Å²) in [7, 11) is 2.03. The molecule has 0 saturated heterocycles. The number of rotatable bonds is 7. The number of nitrogens with zero attached hydrogens (tertiary/aromatic N) is 4. The summed E-state index contributed by atoms with van der Waals surface area (Å²) in [5.74, 6) is 1.56. The van der Waals surface area contributed by atoms with E-state index in [4.69, 9.17) is 18.0 Å². The molecule has 6 heteroatoms. The van der Waals surface area contributed by atoms with Crippen LogP contribution in [0.4, 0.5) is 0 Å². The first-order chi connectivity index (χ1) is 7.99. The summed E-state index contributed by atoms with van der Waals surface area (Å²) >= 11 is 4.86. The molecular formula is C11H21N5S. The zero-order chi connectivity index (χ0) is 12.8. The highest BCUT2D eigenvalue weighted by Crippen LogP contribution is 2.04. The van der Waals surface area contributed by atoms with Gasteiger partial charge in [0, 0.05) is 19.5 Å². The average molecular weight is 255 g/mol. The number of nitrogens with two attached hydrogens (primary N) is 1. The highest BCUT2D eigenvalue weighted by Gasteiger charge is 2.09. The van der Waals surface area contributed by atoms with Crippen molar-refractivity contribution in [3.8, 4) is 0 Å². The molecule has 96 valence electrons. The van der Waals surface area contributed by atoms with E-state index in [-0.39, 0.29) is 0 Å². The largest absolute Gasteiger partial charge is 0.393 e. The van der Waals surface area contributed by atoms with Crippen molar-refractivity contribution in [2.45, 2.75) is 33.4 Å². The van der Waals surface area contributed by atoms with Gasteiger partial charge < -0.3 is 5.73 Å². The first-order valence-corrected chi connectivity index (χ1v) is 6.23. The fourth-order valence-corrected chi connectivity index (χ4v) is 1.62. The minimum Gasteiger partial charge on any atom is -0.393 e. The second-order valence-electron chi connectivity index (χ2n) is 4.71. The van der Waals surface area contributed by atoms with E-state index in [9.17, 15) is 0 Å². The Kier molecular flexibility index (Phi) is 5.50. The molecule has 1 rings (SSSR count). The second-order valence-corrected chi connectivity index (χ2v) is 5.23. The lowest BCUT2D eigenvalue weighted by Gasteiger charge is -2.16. The molecule has 0 saturated carbocycles. The predicted octanol–water partition coefficient (Wildman–Crippen LogP) is 1.04. The topological polar surface area (TPSA) is 60.0 Å². The van der Waals surface area contributed by atoms with Crippen LogP contribution in [0.5, 0.6) is 0 Å². The molecule has 0 aliphatic carbocycles. The lowest BCUT2D eigenvalue weighted by atomic mass is 10.2. The van der Waals surface area contributed by atoms with Crippen LogP contribution in [-0.2, 0) is 13.1 Å². The maximum atomic E-state index is 5.48. The Labute approximate surface area is 108 Å². The van der Waals surface area contributed by atoms with Gasteiger partial charge in [-0.1, -0.05) is 26.1 Å². The van der Waals surface area contributed by atoms with Crippen molar-refractivity contribution >= 4 is 17.2 Å². The third-order valence-electron chi connectivity index (χ3n) is 2.39. The van der Waals surface area contributed by atoms with Gasteiger partial charge in [-0.2, -0.15) is 5.10 Å². The van der Waals surface area contributed by atoms with Crippen molar-refractivity contribution in [1.82, 2.24) is 19.7 Å². The van der Waals surface area contributed by atoms with Crippen molar-refractivity contribution in [3.05, 3.63) is 12.2 Å². The Morgan fingerprint density at radius 2 is 2.29 bits per heavy atom. The quantitative estimate of drug-likeness (QED) is 0.738.